The molecule has 63 heavy (non-hydrogen) atoms. The largest absolute Gasteiger partial charge is 0.310 e. The number of hydrogen-bond acceptors (Lipinski definition) is 2. The van der Waals surface area contributed by atoms with E-state index in [1.165, 1.54) is 104 Å². The second-order valence-electron chi connectivity index (χ2n) is 17.2. The molecule has 2 aromatic heterocycles. The molecule has 0 spiro atoms. The molecule has 0 aliphatic rings. The summed E-state index contributed by atoms with van der Waals surface area (Å²) in [5.41, 5.74) is 18.1. The summed E-state index contributed by atoms with van der Waals surface area (Å²) in [6, 6.07) is 74.0. The van der Waals surface area contributed by atoms with Crippen LogP contribution in [-0.2, 0) is 0 Å². The maximum Gasteiger partial charge on any atom is 0.0620 e. The first-order chi connectivity index (χ1) is 30.9. The van der Waals surface area contributed by atoms with Crippen molar-refractivity contribution in [3.8, 4) is 11.1 Å². The van der Waals surface area contributed by atoms with Crippen molar-refractivity contribution in [3.63, 3.8) is 0 Å². The van der Waals surface area contributed by atoms with Gasteiger partial charge < -0.3 is 14.2 Å². The lowest BCUT2D eigenvalue weighted by Crippen LogP contribution is -2.12. The minimum atomic E-state index is 1.14. The smallest absolute Gasteiger partial charge is 0.0620 e. The van der Waals surface area contributed by atoms with Crippen molar-refractivity contribution in [2.75, 3.05) is 9.80 Å². The lowest BCUT2D eigenvalue weighted by atomic mass is 9.97. The van der Waals surface area contributed by atoms with E-state index in [1.807, 2.05) is 0 Å². The lowest BCUT2D eigenvalue weighted by molar-refractivity contribution is 1.22. The first kappa shape index (κ1) is 36.9. The topological polar surface area (TPSA) is 10.9 Å². The van der Waals surface area contributed by atoms with Crippen LogP contribution in [0.5, 0.6) is 0 Å². The second-order valence-corrected chi connectivity index (χ2v) is 17.2. The summed E-state index contributed by atoms with van der Waals surface area (Å²) in [6.45, 7) is 8.85. The quantitative estimate of drug-likeness (QED) is 0.159. The molecule has 0 unspecified atom stereocenters. The Bertz CT molecular complexity index is 3450. The van der Waals surface area contributed by atoms with E-state index in [1.54, 1.807) is 0 Å². The zero-order valence-electron chi connectivity index (χ0n) is 35.9. The van der Waals surface area contributed by atoms with E-state index in [-0.39, 0.29) is 0 Å². The van der Waals surface area contributed by atoms with Gasteiger partial charge in [0, 0.05) is 44.3 Å². The first-order valence-corrected chi connectivity index (χ1v) is 21.9. The SMILES string of the molecule is Cc1cccc(C)c1N(c1ccccc1)c1ccc2cc3c4cc(-c5ccccc5)cc5c6cc7ccc(N(c8ccccc8)c8c(C)cccc8C)cc7cc6n(c3cc2c1)c45. The molecule has 12 rings (SSSR count). The van der Waals surface area contributed by atoms with Crippen LogP contribution in [0.3, 0.4) is 0 Å². The summed E-state index contributed by atoms with van der Waals surface area (Å²) < 4.78 is 2.54. The van der Waals surface area contributed by atoms with Gasteiger partial charge in [0.25, 0.3) is 0 Å². The minimum absolute atomic E-state index is 1.14. The van der Waals surface area contributed by atoms with Gasteiger partial charge in [-0.2, -0.15) is 0 Å². The fourth-order valence-electron chi connectivity index (χ4n) is 10.4. The molecule has 3 heteroatoms. The van der Waals surface area contributed by atoms with Gasteiger partial charge in [-0.05, 0) is 168 Å². The Hall–Kier alpha value is -7.88. The minimum Gasteiger partial charge on any atom is -0.310 e. The number of nitrogens with zero attached hydrogens (tertiary/aromatic N) is 3. The van der Waals surface area contributed by atoms with Crippen molar-refractivity contribution in [1.29, 1.82) is 0 Å². The third-order valence-electron chi connectivity index (χ3n) is 13.3. The maximum absolute atomic E-state index is 2.54. The van der Waals surface area contributed by atoms with Crippen LogP contribution in [0.15, 0.2) is 200 Å². The van der Waals surface area contributed by atoms with Crippen LogP contribution in [-0.4, -0.2) is 4.40 Å². The predicted molar refractivity (Wildman–Crippen MR) is 270 cm³/mol. The van der Waals surface area contributed by atoms with Crippen molar-refractivity contribution in [3.05, 3.63) is 222 Å². The molecule has 10 aromatic carbocycles. The van der Waals surface area contributed by atoms with Gasteiger partial charge in [0.1, 0.15) is 0 Å². The molecule has 0 saturated carbocycles. The number of aryl methyl sites for hydroxylation is 4. The molecule has 2 heterocycles. The second kappa shape index (κ2) is 14.4. The van der Waals surface area contributed by atoms with Crippen molar-refractivity contribution in [1.82, 2.24) is 4.40 Å². The Kier molecular flexibility index (Phi) is 8.42. The van der Waals surface area contributed by atoms with Crippen LogP contribution in [0, 0.1) is 27.7 Å². The molecule has 0 radical (unpaired) electrons. The van der Waals surface area contributed by atoms with Crippen LogP contribution < -0.4 is 9.80 Å². The molecular formula is C60H45N3. The van der Waals surface area contributed by atoms with E-state index in [2.05, 4.69) is 242 Å². The number of hydrogen-bond donors (Lipinski definition) is 0. The highest BCUT2D eigenvalue weighted by molar-refractivity contribution is 6.27. The van der Waals surface area contributed by atoms with Crippen LogP contribution >= 0.6 is 0 Å². The molecule has 12 aromatic rings. The third kappa shape index (κ3) is 5.88. The molecule has 0 aliphatic heterocycles. The van der Waals surface area contributed by atoms with Gasteiger partial charge in [-0.3, -0.25) is 0 Å². The fraction of sp³-hybridized carbons (Fsp3) is 0.0667. The molecule has 3 nitrogen and oxygen atoms in total. The standard InChI is InChI=1S/C60H45N3/c1-38-16-14-17-39(2)58(38)61(48-22-10-6-11-23-48)50-28-26-43-32-52-54-34-47(42-20-8-5-9-21-42)35-55-53-33-44-27-29-51(31-46(44)37-57(53)63(60(54)55)56(52)36-45(43)30-50)62(49-24-12-7-13-25-49)59-40(3)18-15-19-41(59)4/h5-37H,1-4H3. The molecule has 0 amide bonds. The Labute approximate surface area is 367 Å². The Morgan fingerprint density at radius 3 is 1.14 bits per heavy atom. The van der Waals surface area contributed by atoms with Gasteiger partial charge in [-0.15, -0.1) is 0 Å². The number of benzene rings is 10. The maximum atomic E-state index is 2.54. The van der Waals surface area contributed by atoms with Gasteiger partial charge in [0.05, 0.1) is 27.9 Å². The molecule has 0 bridgehead atoms. The van der Waals surface area contributed by atoms with Crippen LogP contribution in [0.25, 0.3) is 70.8 Å². The fourth-order valence-corrected chi connectivity index (χ4v) is 10.4. The van der Waals surface area contributed by atoms with E-state index in [9.17, 15) is 0 Å². The summed E-state index contributed by atoms with van der Waals surface area (Å²) in [5, 5.41) is 9.96. The van der Waals surface area contributed by atoms with E-state index in [0.717, 1.165) is 22.7 Å². The number of aromatic nitrogens is 1. The van der Waals surface area contributed by atoms with Gasteiger partial charge in [0.2, 0.25) is 0 Å². The average molecular weight is 808 g/mol. The molecule has 0 N–H and O–H groups in total. The van der Waals surface area contributed by atoms with Crippen molar-refractivity contribution >= 4 is 93.8 Å². The Balaban J connectivity index is 1.12. The summed E-state index contributed by atoms with van der Waals surface area (Å²) in [5.74, 6) is 0. The summed E-state index contributed by atoms with van der Waals surface area (Å²) in [4.78, 5) is 4.84. The number of fused-ring (bicyclic) bond motifs is 8. The van der Waals surface area contributed by atoms with E-state index in [4.69, 9.17) is 0 Å². The van der Waals surface area contributed by atoms with Crippen molar-refractivity contribution in [2.24, 2.45) is 0 Å². The molecule has 0 saturated heterocycles. The highest BCUT2D eigenvalue weighted by atomic mass is 15.2. The number of anilines is 6. The molecule has 300 valence electrons. The summed E-state index contributed by atoms with van der Waals surface area (Å²) in [7, 11) is 0. The van der Waals surface area contributed by atoms with Gasteiger partial charge in [-0.1, -0.05) is 115 Å². The average Bonchev–Trinajstić information content (AvgIpc) is 3.81. The van der Waals surface area contributed by atoms with Crippen molar-refractivity contribution in [2.45, 2.75) is 27.7 Å². The van der Waals surface area contributed by atoms with Crippen LogP contribution in [0.1, 0.15) is 22.3 Å². The molecular weight excluding hydrogens is 763 g/mol. The van der Waals surface area contributed by atoms with Crippen LogP contribution in [0.4, 0.5) is 34.1 Å². The van der Waals surface area contributed by atoms with Gasteiger partial charge in [-0.25, -0.2) is 0 Å². The molecule has 0 fully saturated rings. The van der Waals surface area contributed by atoms with Gasteiger partial charge >= 0.3 is 0 Å². The highest BCUT2D eigenvalue weighted by Gasteiger charge is 2.23. The first-order valence-electron chi connectivity index (χ1n) is 21.9. The Morgan fingerprint density at radius 1 is 0.302 bits per heavy atom. The highest BCUT2D eigenvalue weighted by Crippen LogP contribution is 2.46. The van der Waals surface area contributed by atoms with Crippen molar-refractivity contribution < 1.29 is 0 Å². The van der Waals surface area contributed by atoms with E-state index in [0.29, 0.717) is 0 Å². The zero-order valence-corrected chi connectivity index (χ0v) is 35.9. The number of para-hydroxylation sites is 4. The van der Waals surface area contributed by atoms with E-state index < -0.39 is 0 Å². The van der Waals surface area contributed by atoms with Gasteiger partial charge in [0.15, 0.2) is 0 Å². The summed E-state index contributed by atoms with van der Waals surface area (Å²) in [6.07, 6.45) is 0. The summed E-state index contributed by atoms with van der Waals surface area (Å²) >= 11 is 0. The Morgan fingerprint density at radius 2 is 0.714 bits per heavy atom. The normalized spacial score (nSPS) is 11.8. The third-order valence-corrected chi connectivity index (χ3v) is 13.3. The van der Waals surface area contributed by atoms with E-state index >= 15 is 0 Å². The molecule has 0 aliphatic carbocycles. The number of rotatable bonds is 7. The monoisotopic (exact) mass is 807 g/mol. The predicted octanol–water partition coefficient (Wildman–Crippen LogP) is 17.0. The lowest BCUT2D eigenvalue weighted by Gasteiger charge is -2.29. The molecule has 0 atom stereocenters. The van der Waals surface area contributed by atoms with Crippen LogP contribution in [0.2, 0.25) is 0 Å². The zero-order chi connectivity index (χ0) is 42.3.